The van der Waals surface area contributed by atoms with E-state index in [1.165, 1.54) is 0 Å². The molecule has 2 heterocycles. The molecule has 92 valence electrons. The molecule has 2 N–H and O–H groups in total. The van der Waals surface area contributed by atoms with E-state index < -0.39 is 0 Å². The smallest absolute Gasteiger partial charge is 0.225 e. The highest BCUT2D eigenvalue weighted by Gasteiger charge is 2.28. The Kier molecular flexibility index (Phi) is 4.15. The Labute approximate surface area is 95.9 Å². The number of morpholine rings is 1. The molecule has 2 rings (SSSR count). The second kappa shape index (κ2) is 5.61. The Morgan fingerprint density at radius 2 is 2.38 bits per heavy atom. The van der Waals surface area contributed by atoms with Crippen LogP contribution in [0.5, 0.6) is 0 Å². The van der Waals surface area contributed by atoms with Crippen LogP contribution in [0.1, 0.15) is 13.3 Å². The highest BCUT2D eigenvalue weighted by molar-refractivity contribution is 5.79. The summed E-state index contributed by atoms with van der Waals surface area (Å²) in [6, 6.07) is 0. The van der Waals surface area contributed by atoms with Crippen molar-refractivity contribution in [3.63, 3.8) is 0 Å². The Morgan fingerprint density at radius 3 is 3.00 bits per heavy atom. The number of carbonyl (C=O) groups is 1. The third kappa shape index (κ3) is 3.17. The van der Waals surface area contributed by atoms with Crippen LogP contribution in [0.25, 0.3) is 0 Å². The first-order chi connectivity index (χ1) is 7.75. The van der Waals surface area contributed by atoms with Gasteiger partial charge in [0.25, 0.3) is 0 Å². The van der Waals surface area contributed by atoms with Crippen LogP contribution in [0.4, 0.5) is 0 Å². The lowest BCUT2D eigenvalue weighted by molar-refractivity contribution is -0.125. The zero-order valence-corrected chi connectivity index (χ0v) is 9.70. The van der Waals surface area contributed by atoms with Gasteiger partial charge in [0.2, 0.25) is 5.91 Å². The van der Waals surface area contributed by atoms with E-state index in [1.54, 1.807) is 0 Å². The number of nitrogens with one attached hydrogen (secondary N) is 2. The van der Waals surface area contributed by atoms with Crippen LogP contribution in [-0.2, 0) is 14.3 Å². The van der Waals surface area contributed by atoms with Gasteiger partial charge in [-0.2, -0.15) is 0 Å². The molecule has 5 heteroatoms. The molecule has 0 aromatic heterocycles. The van der Waals surface area contributed by atoms with Gasteiger partial charge in [-0.3, -0.25) is 4.79 Å². The summed E-state index contributed by atoms with van der Waals surface area (Å²) >= 11 is 0. The number of hydrogen-bond donors (Lipinski definition) is 2. The molecular formula is C11H20N2O3. The van der Waals surface area contributed by atoms with Crippen molar-refractivity contribution in [1.29, 1.82) is 0 Å². The van der Waals surface area contributed by atoms with Gasteiger partial charge in [0.1, 0.15) is 0 Å². The van der Waals surface area contributed by atoms with Gasteiger partial charge in [-0.05, 0) is 13.3 Å². The van der Waals surface area contributed by atoms with Gasteiger partial charge in [-0.15, -0.1) is 0 Å². The van der Waals surface area contributed by atoms with Gasteiger partial charge in [0.15, 0.2) is 0 Å². The molecule has 0 bridgehead atoms. The maximum absolute atomic E-state index is 11.8. The summed E-state index contributed by atoms with van der Waals surface area (Å²) in [4.78, 5) is 11.8. The highest BCUT2D eigenvalue weighted by Crippen LogP contribution is 2.18. The van der Waals surface area contributed by atoms with Crippen LogP contribution in [-0.4, -0.2) is 51.0 Å². The lowest BCUT2D eigenvalue weighted by Crippen LogP contribution is -2.46. The Balaban J connectivity index is 1.67. The van der Waals surface area contributed by atoms with E-state index in [1.807, 2.05) is 6.92 Å². The summed E-state index contributed by atoms with van der Waals surface area (Å²) < 4.78 is 10.9. The predicted molar refractivity (Wildman–Crippen MR) is 59.1 cm³/mol. The molecule has 16 heavy (non-hydrogen) atoms. The van der Waals surface area contributed by atoms with Gasteiger partial charge in [-0.1, -0.05) is 0 Å². The van der Waals surface area contributed by atoms with E-state index in [2.05, 4.69) is 10.6 Å². The van der Waals surface area contributed by atoms with E-state index in [0.717, 1.165) is 26.1 Å². The van der Waals surface area contributed by atoms with Crippen LogP contribution < -0.4 is 10.6 Å². The van der Waals surface area contributed by atoms with Crippen molar-refractivity contribution in [2.24, 2.45) is 5.92 Å². The molecule has 0 radical (unpaired) electrons. The second-order valence-corrected chi connectivity index (χ2v) is 4.52. The van der Waals surface area contributed by atoms with Crippen molar-refractivity contribution in [3.05, 3.63) is 0 Å². The van der Waals surface area contributed by atoms with E-state index in [4.69, 9.17) is 9.47 Å². The molecule has 0 aromatic carbocycles. The quantitative estimate of drug-likeness (QED) is 0.685. The van der Waals surface area contributed by atoms with Crippen molar-refractivity contribution >= 4 is 5.91 Å². The molecule has 0 aromatic rings. The zero-order chi connectivity index (χ0) is 11.4. The lowest BCUT2D eigenvalue weighted by atomic mass is 10.1. The van der Waals surface area contributed by atoms with Gasteiger partial charge < -0.3 is 20.1 Å². The minimum atomic E-state index is 0.0200. The largest absolute Gasteiger partial charge is 0.378 e. The van der Waals surface area contributed by atoms with Crippen molar-refractivity contribution < 1.29 is 14.3 Å². The molecule has 1 amide bonds. The third-order valence-electron chi connectivity index (χ3n) is 3.08. The molecule has 0 spiro atoms. The van der Waals surface area contributed by atoms with Gasteiger partial charge in [0.05, 0.1) is 31.3 Å². The van der Waals surface area contributed by atoms with E-state index in [9.17, 15) is 4.79 Å². The first kappa shape index (κ1) is 11.8. The molecule has 3 atom stereocenters. The average Bonchev–Trinajstić information content (AvgIpc) is 2.74. The normalized spacial score (nSPS) is 34.9. The van der Waals surface area contributed by atoms with E-state index in [0.29, 0.717) is 13.2 Å². The van der Waals surface area contributed by atoms with Crippen molar-refractivity contribution in [2.45, 2.75) is 25.6 Å². The van der Waals surface area contributed by atoms with Crippen LogP contribution >= 0.6 is 0 Å². The molecular weight excluding hydrogens is 208 g/mol. The topological polar surface area (TPSA) is 59.6 Å². The second-order valence-electron chi connectivity index (χ2n) is 4.52. The van der Waals surface area contributed by atoms with Crippen LogP contribution in [0.2, 0.25) is 0 Å². The van der Waals surface area contributed by atoms with Crippen molar-refractivity contribution in [3.8, 4) is 0 Å². The first-order valence-electron chi connectivity index (χ1n) is 5.97. The highest BCUT2D eigenvalue weighted by atomic mass is 16.5. The summed E-state index contributed by atoms with van der Waals surface area (Å²) in [5, 5.41) is 6.17. The summed E-state index contributed by atoms with van der Waals surface area (Å²) in [7, 11) is 0. The summed E-state index contributed by atoms with van der Waals surface area (Å²) in [5.41, 5.74) is 0. The summed E-state index contributed by atoms with van der Waals surface area (Å²) in [6.07, 6.45) is 1.15. The fourth-order valence-electron chi connectivity index (χ4n) is 2.11. The van der Waals surface area contributed by atoms with Gasteiger partial charge >= 0.3 is 0 Å². The van der Waals surface area contributed by atoms with Crippen LogP contribution in [0.15, 0.2) is 0 Å². The lowest BCUT2D eigenvalue weighted by Gasteiger charge is -2.24. The monoisotopic (exact) mass is 228 g/mol. The van der Waals surface area contributed by atoms with Crippen LogP contribution in [0.3, 0.4) is 0 Å². The number of carbonyl (C=O) groups excluding carboxylic acids is 1. The number of rotatable bonds is 3. The molecule has 3 unspecified atom stereocenters. The molecule has 2 aliphatic heterocycles. The first-order valence-corrected chi connectivity index (χ1v) is 5.97. The fraction of sp³-hybridized carbons (Fsp3) is 0.909. The molecule has 5 nitrogen and oxygen atoms in total. The molecule has 0 saturated carbocycles. The zero-order valence-electron chi connectivity index (χ0n) is 9.70. The summed E-state index contributed by atoms with van der Waals surface area (Å²) in [5.74, 6) is 0.116. The number of ether oxygens (including phenoxy) is 2. The van der Waals surface area contributed by atoms with Gasteiger partial charge in [0, 0.05) is 19.6 Å². The Morgan fingerprint density at radius 1 is 1.50 bits per heavy atom. The third-order valence-corrected chi connectivity index (χ3v) is 3.08. The summed E-state index contributed by atoms with van der Waals surface area (Å²) in [6.45, 7) is 5.59. The number of amides is 1. The van der Waals surface area contributed by atoms with Crippen LogP contribution in [0, 0.1) is 5.92 Å². The fourth-order valence-corrected chi connectivity index (χ4v) is 2.11. The maximum Gasteiger partial charge on any atom is 0.225 e. The van der Waals surface area contributed by atoms with Crippen molar-refractivity contribution in [1.82, 2.24) is 10.6 Å². The molecule has 2 saturated heterocycles. The van der Waals surface area contributed by atoms with E-state index in [-0.39, 0.29) is 24.0 Å². The molecule has 2 aliphatic rings. The number of hydrogen-bond acceptors (Lipinski definition) is 4. The SMILES string of the molecule is CC1CC(C(=O)NCC2CNCCO2)CO1. The predicted octanol–water partition coefficient (Wildman–Crippen LogP) is -0.484. The Bertz CT molecular complexity index is 241. The van der Waals surface area contributed by atoms with E-state index >= 15 is 0 Å². The Hall–Kier alpha value is -0.650. The minimum Gasteiger partial charge on any atom is -0.378 e. The standard InChI is InChI=1S/C11H20N2O3/c1-8-4-9(7-16-8)11(14)13-6-10-5-12-2-3-15-10/h8-10,12H,2-7H2,1H3,(H,13,14). The van der Waals surface area contributed by atoms with Gasteiger partial charge in [-0.25, -0.2) is 0 Å². The molecule has 0 aliphatic carbocycles. The average molecular weight is 228 g/mol. The molecule has 2 fully saturated rings. The van der Waals surface area contributed by atoms with Crippen molar-refractivity contribution in [2.75, 3.05) is 32.8 Å². The minimum absolute atomic E-state index is 0.0200. The maximum atomic E-state index is 11.8.